The minimum absolute atomic E-state index is 0.465. The van der Waals surface area contributed by atoms with Gasteiger partial charge in [0.2, 0.25) is 0 Å². The molecule has 0 radical (unpaired) electrons. The van der Waals surface area contributed by atoms with Crippen LogP contribution in [0.3, 0.4) is 0 Å². The maximum Gasteiger partial charge on any atom is 0.289 e. The fraction of sp³-hybridized carbons (Fsp3) is 0. The molecule has 0 aromatic heterocycles. The third-order valence-electron chi connectivity index (χ3n) is 1.38. The normalized spacial score (nSPS) is 9.31. The van der Waals surface area contributed by atoms with E-state index in [1.54, 1.807) is 0 Å². The zero-order valence-corrected chi connectivity index (χ0v) is 6.88. The van der Waals surface area contributed by atoms with E-state index < -0.39 is 27.0 Å². The number of rotatable bonds is 1. The highest BCUT2D eigenvalue weighted by molar-refractivity contribution is 6.33. The summed E-state index contributed by atoms with van der Waals surface area (Å²) in [5.74, 6) is -0.863. The van der Waals surface area contributed by atoms with Gasteiger partial charge in [0.05, 0.1) is 4.92 Å². The molecule has 0 unspecified atom stereocenters. The Hall–Kier alpha value is -1.67. The van der Waals surface area contributed by atoms with E-state index in [1.165, 1.54) is 6.07 Å². The Morgan fingerprint density at radius 3 is 2.69 bits per heavy atom. The number of nitro benzene ring substituents is 1. The Morgan fingerprint density at radius 2 is 2.23 bits per heavy atom. The predicted molar refractivity (Wildman–Crippen MR) is 42.8 cm³/mol. The highest BCUT2D eigenvalue weighted by Gasteiger charge is 2.18. The number of nitrogens with zero attached hydrogens (tertiary/aromatic N) is 2. The van der Waals surface area contributed by atoms with Crippen molar-refractivity contribution in [2.75, 3.05) is 0 Å². The number of nitro groups is 1. The van der Waals surface area contributed by atoms with Crippen molar-refractivity contribution >= 4 is 17.3 Å². The van der Waals surface area contributed by atoms with E-state index in [-0.39, 0.29) is 0 Å². The molecule has 0 bridgehead atoms. The van der Waals surface area contributed by atoms with E-state index in [9.17, 15) is 14.5 Å². The highest BCUT2D eigenvalue weighted by Crippen LogP contribution is 2.28. The van der Waals surface area contributed by atoms with E-state index in [0.29, 0.717) is 0 Å². The van der Waals surface area contributed by atoms with E-state index in [2.05, 4.69) is 0 Å². The minimum atomic E-state index is -0.863. The molecular weight excluding hydrogens is 199 g/mol. The third kappa shape index (κ3) is 1.58. The summed E-state index contributed by atoms with van der Waals surface area (Å²) in [7, 11) is 0. The van der Waals surface area contributed by atoms with Gasteiger partial charge in [-0.05, 0) is 6.07 Å². The zero-order valence-electron chi connectivity index (χ0n) is 6.12. The predicted octanol–water partition coefficient (Wildman–Crippen LogP) is 2.26. The molecule has 0 saturated heterocycles. The maximum absolute atomic E-state index is 12.8. The fourth-order valence-electron chi connectivity index (χ4n) is 0.785. The molecule has 0 amide bonds. The Balaban J connectivity index is 3.47. The first-order valence-electron chi connectivity index (χ1n) is 3.10. The number of nitriles is 1. The second-order valence-electron chi connectivity index (χ2n) is 2.12. The van der Waals surface area contributed by atoms with Gasteiger partial charge in [0, 0.05) is 6.07 Å². The monoisotopic (exact) mass is 200 g/mol. The largest absolute Gasteiger partial charge is 0.289 e. The van der Waals surface area contributed by atoms with Crippen LogP contribution in [0.2, 0.25) is 5.02 Å². The lowest BCUT2D eigenvalue weighted by molar-refractivity contribution is -0.384. The molecule has 0 N–H and O–H groups in total. The van der Waals surface area contributed by atoms with E-state index in [0.717, 1.165) is 12.1 Å². The summed E-state index contributed by atoms with van der Waals surface area (Å²) in [6.45, 7) is 0. The first-order chi connectivity index (χ1) is 6.07. The second kappa shape index (κ2) is 3.37. The Morgan fingerprint density at radius 1 is 1.62 bits per heavy atom. The van der Waals surface area contributed by atoms with Crippen molar-refractivity contribution in [3.63, 3.8) is 0 Å². The van der Waals surface area contributed by atoms with Gasteiger partial charge in [0.25, 0.3) is 5.69 Å². The smallest absolute Gasteiger partial charge is 0.258 e. The highest BCUT2D eigenvalue weighted by atomic mass is 35.5. The molecule has 0 aliphatic carbocycles. The first kappa shape index (κ1) is 9.42. The molecule has 6 heteroatoms. The summed E-state index contributed by atoms with van der Waals surface area (Å²) < 4.78 is 12.8. The lowest BCUT2D eigenvalue weighted by atomic mass is 10.2. The van der Waals surface area contributed by atoms with Crippen LogP contribution in [-0.4, -0.2) is 4.92 Å². The Kier molecular flexibility index (Phi) is 2.44. The van der Waals surface area contributed by atoms with Crippen LogP contribution in [0.15, 0.2) is 12.1 Å². The molecule has 0 fully saturated rings. The second-order valence-corrected chi connectivity index (χ2v) is 2.50. The van der Waals surface area contributed by atoms with Crippen LogP contribution in [0.5, 0.6) is 0 Å². The van der Waals surface area contributed by atoms with Crippen molar-refractivity contribution < 1.29 is 9.31 Å². The van der Waals surface area contributed by atoms with Crippen molar-refractivity contribution in [2.45, 2.75) is 0 Å². The van der Waals surface area contributed by atoms with Crippen molar-refractivity contribution in [2.24, 2.45) is 0 Å². The number of hydrogen-bond acceptors (Lipinski definition) is 3. The number of halogens is 2. The summed E-state index contributed by atoms with van der Waals surface area (Å²) in [6.07, 6.45) is 0. The molecule has 0 saturated carbocycles. The molecule has 1 aromatic rings. The molecule has 0 aliphatic rings. The van der Waals surface area contributed by atoms with Crippen LogP contribution >= 0.6 is 11.6 Å². The van der Waals surface area contributed by atoms with Gasteiger partial charge in [-0.2, -0.15) is 5.26 Å². The molecule has 1 rings (SSSR count). The van der Waals surface area contributed by atoms with Gasteiger partial charge >= 0.3 is 0 Å². The van der Waals surface area contributed by atoms with Crippen molar-refractivity contribution in [3.05, 3.63) is 38.7 Å². The summed E-state index contributed by atoms with van der Waals surface area (Å²) in [4.78, 5) is 9.52. The average molecular weight is 201 g/mol. The maximum atomic E-state index is 12.8. The standard InChI is InChI=1S/C7H2ClFN2O2/c8-7-4(3-10)5(9)1-2-6(7)11(12)13/h1-2H. The third-order valence-corrected chi connectivity index (χ3v) is 1.76. The van der Waals surface area contributed by atoms with Crippen LogP contribution in [0.1, 0.15) is 5.56 Å². The van der Waals surface area contributed by atoms with Crippen LogP contribution in [0.25, 0.3) is 0 Å². The molecule has 66 valence electrons. The van der Waals surface area contributed by atoms with Crippen LogP contribution < -0.4 is 0 Å². The van der Waals surface area contributed by atoms with Gasteiger partial charge in [0.1, 0.15) is 22.5 Å². The summed E-state index contributed by atoms with van der Waals surface area (Å²) in [5, 5.41) is 18.2. The lowest BCUT2D eigenvalue weighted by Crippen LogP contribution is -1.93. The molecule has 0 aliphatic heterocycles. The summed E-state index contributed by atoms with van der Waals surface area (Å²) in [5.41, 5.74) is -0.976. The van der Waals surface area contributed by atoms with E-state index >= 15 is 0 Å². The van der Waals surface area contributed by atoms with Crippen molar-refractivity contribution in [1.29, 1.82) is 5.26 Å². The van der Waals surface area contributed by atoms with E-state index in [4.69, 9.17) is 16.9 Å². The van der Waals surface area contributed by atoms with Crippen LogP contribution in [0.4, 0.5) is 10.1 Å². The van der Waals surface area contributed by atoms with Gasteiger partial charge in [-0.1, -0.05) is 11.6 Å². The first-order valence-corrected chi connectivity index (χ1v) is 3.48. The van der Waals surface area contributed by atoms with Gasteiger partial charge < -0.3 is 0 Å². The Bertz CT molecular complexity index is 414. The minimum Gasteiger partial charge on any atom is -0.258 e. The molecule has 0 spiro atoms. The van der Waals surface area contributed by atoms with Gasteiger partial charge in [-0.15, -0.1) is 0 Å². The molecular formula is C7H2ClFN2O2. The van der Waals surface area contributed by atoms with Crippen molar-refractivity contribution in [3.8, 4) is 6.07 Å². The van der Waals surface area contributed by atoms with Crippen LogP contribution in [0, 0.1) is 27.3 Å². The van der Waals surface area contributed by atoms with Gasteiger partial charge in [-0.25, -0.2) is 4.39 Å². The summed E-state index contributed by atoms with van der Waals surface area (Å²) >= 11 is 5.41. The topological polar surface area (TPSA) is 66.9 Å². The SMILES string of the molecule is N#Cc1c(F)ccc([N+](=O)[O-])c1Cl. The van der Waals surface area contributed by atoms with E-state index in [1.807, 2.05) is 0 Å². The molecule has 0 heterocycles. The molecule has 13 heavy (non-hydrogen) atoms. The Labute approximate surface area is 77.3 Å². The quantitative estimate of drug-likeness (QED) is 0.516. The van der Waals surface area contributed by atoms with Crippen molar-refractivity contribution in [1.82, 2.24) is 0 Å². The molecule has 0 atom stereocenters. The number of hydrogen-bond donors (Lipinski definition) is 0. The lowest BCUT2D eigenvalue weighted by Gasteiger charge is -1.97. The fourth-order valence-corrected chi connectivity index (χ4v) is 1.05. The molecule has 4 nitrogen and oxygen atoms in total. The summed E-state index contributed by atoms with van der Waals surface area (Å²) in [6, 6.07) is 3.20. The molecule has 1 aromatic carbocycles. The van der Waals surface area contributed by atoms with Gasteiger partial charge in [-0.3, -0.25) is 10.1 Å². The average Bonchev–Trinajstić information content (AvgIpc) is 2.04. The number of benzene rings is 1. The zero-order chi connectivity index (χ0) is 10.0. The van der Waals surface area contributed by atoms with Gasteiger partial charge in [0.15, 0.2) is 0 Å². The van der Waals surface area contributed by atoms with Crippen LogP contribution in [-0.2, 0) is 0 Å².